The van der Waals surface area contributed by atoms with Crippen molar-refractivity contribution in [2.24, 2.45) is 0 Å². The first kappa shape index (κ1) is 24.9. The molecule has 0 heterocycles. The smallest absolute Gasteiger partial charge is 0.338 e. The van der Waals surface area contributed by atoms with Crippen LogP contribution in [0.1, 0.15) is 19.4 Å². The quantitative estimate of drug-likeness (QED) is 0.231. The van der Waals surface area contributed by atoms with Gasteiger partial charge in [-0.25, -0.2) is 14.4 Å². The van der Waals surface area contributed by atoms with Gasteiger partial charge in [0.15, 0.2) is 0 Å². The Bertz CT molecular complexity index is 1280. The molecule has 0 atom stereocenters. The van der Waals surface area contributed by atoms with Gasteiger partial charge in [0.05, 0.1) is 0 Å². The zero-order valence-electron chi connectivity index (χ0n) is 19.4. The lowest BCUT2D eigenvalue weighted by Gasteiger charge is -2.06. The predicted octanol–water partition coefficient (Wildman–Crippen LogP) is 5.94. The average Bonchev–Trinajstić information content (AvgIpc) is 2.84. The molecule has 0 saturated carbocycles. The summed E-state index contributed by atoms with van der Waals surface area (Å²) in [6.07, 6.45) is 2.98. The van der Waals surface area contributed by atoms with E-state index in [-0.39, 0.29) is 5.57 Å². The van der Waals surface area contributed by atoms with E-state index in [2.05, 4.69) is 13.2 Å². The van der Waals surface area contributed by atoms with Crippen LogP contribution in [-0.4, -0.2) is 17.9 Å². The standard InChI is InChI=1S/C29H24O6/c1-19(2)28(31)34-25-12-10-23(11-13-25)22-8-5-21(6-9-22)7-18-27(30)33-24-14-16-26(17-15-24)35-29(32)20(3)4/h5-18H,1,3H2,2,4H3/b18-7-. The third kappa shape index (κ3) is 7.40. The van der Waals surface area contributed by atoms with Gasteiger partial charge in [-0.05, 0) is 73.0 Å². The minimum atomic E-state index is -0.541. The van der Waals surface area contributed by atoms with Crippen LogP contribution in [-0.2, 0) is 14.4 Å². The van der Waals surface area contributed by atoms with Crippen molar-refractivity contribution in [3.63, 3.8) is 0 Å². The number of hydrogen-bond acceptors (Lipinski definition) is 6. The van der Waals surface area contributed by atoms with Crippen molar-refractivity contribution < 1.29 is 28.6 Å². The molecule has 0 N–H and O–H groups in total. The number of hydrogen-bond donors (Lipinski definition) is 0. The molecule has 0 saturated heterocycles. The van der Waals surface area contributed by atoms with Crippen molar-refractivity contribution in [2.75, 3.05) is 0 Å². The molecule has 0 fully saturated rings. The molecule has 35 heavy (non-hydrogen) atoms. The van der Waals surface area contributed by atoms with Gasteiger partial charge in [-0.2, -0.15) is 0 Å². The topological polar surface area (TPSA) is 78.9 Å². The summed E-state index contributed by atoms with van der Waals surface area (Å²) in [5, 5.41) is 0. The Hall–Kier alpha value is -4.71. The molecule has 0 aromatic heterocycles. The first-order valence-corrected chi connectivity index (χ1v) is 10.7. The van der Waals surface area contributed by atoms with E-state index in [1.807, 2.05) is 36.4 Å². The van der Waals surface area contributed by atoms with Crippen molar-refractivity contribution in [1.82, 2.24) is 0 Å². The van der Waals surface area contributed by atoms with Gasteiger partial charge in [0.25, 0.3) is 0 Å². The highest BCUT2D eigenvalue weighted by atomic mass is 16.5. The molecule has 3 aromatic rings. The molecule has 0 aliphatic rings. The molecule has 3 aromatic carbocycles. The highest BCUT2D eigenvalue weighted by Gasteiger charge is 2.07. The third-order valence-corrected chi connectivity index (χ3v) is 4.67. The van der Waals surface area contributed by atoms with Crippen LogP contribution < -0.4 is 14.2 Å². The SMILES string of the molecule is C=C(C)C(=O)Oc1ccc(OC(=O)/C=C\c2ccc(-c3ccc(OC(=O)C(=C)C)cc3)cc2)cc1. The summed E-state index contributed by atoms with van der Waals surface area (Å²) in [7, 11) is 0. The summed E-state index contributed by atoms with van der Waals surface area (Å²) in [4.78, 5) is 35.3. The summed E-state index contributed by atoms with van der Waals surface area (Å²) >= 11 is 0. The van der Waals surface area contributed by atoms with Gasteiger partial charge < -0.3 is 14.2 Å². The molecule has 0 radical (unpaired) electrons. The first-order valence-electron chi connectivity index (χ1n) is 10.7. The van der Waals surface area contributed by atoms with Crippen molar-refractivity contribution >= 4 is 24.0 Å². The van der Waals surface area contributed by atoms with E-state index >= 15 is 0 Å². The predicted molar refractivity (Wildman–Crippen MR) is 134 cm³/mol. The lowest BCUT2D eigenvalue weighted by molar-refractivity contribution is -0.131. The van der Waals surface area contributed by atoms with Crippen molar-refractivity contribution in [1.29, 1.82) is 0 Å². The molecule has 0 aliphatic heterocycles. The number of benzene rings is 3. The summed E-state index contributed by atoms with van der Waals surface area (Å²) < 4.78 is 15.6. The Balaban J connectivity index is 1.56. The summed E-state index contributed by atoms with van der Waals surface area (Å²) in [6.45, 7) is 10.2. The maximum absolute atomic E-state index is 12.1. The van der Waals surface area contributed by atoms with E-state index in [1.54, 1.807) is 32.1 Å². The Morgan fingerprint density at radius 1 is 0.600 bits per heavy atom. The maximum atomic E-state index is 12.1. The fraction of sp³-hybridized carbons (Fsp3) is 0.0690. The zero-order valence-corrected chi connectivity index (χ0v) is 19.4. The van der Waals surface area contributed by atoms with Crippen LogP contribution in [0, 0.1) is 0 Å². The number of ether oxygens (including phenoxy) is 3. The summed E-state index contributed by atoms with van der Waals surface area (Å²) in [5.74, 6) is -0.431. The van der Waals surface area contributed by atoms with E-state index in [0.717, 1.165) is 16.7 Å². The normalized spacial score (nSPS) is 10.5. The maximum Gasteiger partial charge on any atom is 0.338 e. The fourth-order valence-corrected chi connectivity index (χ4v) is 2.78. The molecule has 0 spiro atoms. The Morgan fingerprint density at radius 2 is 0.971 bits per heavy atom. The molecule has 0 bridgehead atoms. The van der Waals surface area contributed by atoms with E-state index in [4.69, 9.17) is 14.2 Å². The average molecular weight is 469 g/mol. The number of carbonyl (C=O) groups excluding carboxylic acids is 3. The van der Waals surface area contributed by atoms with Gasteiger partial charge in [-0.3, -0.25) is 0 Å². The Kier molecular flexibility index (Phi) is 8.14. The molecular weight excluding hydrogens is 444 g/mol. The van der Waals surface area contributed by atoms with Crippen LogP contribution in [0.15, 0.2) is 103 Å². The minimum absolute atomic E-state index is 0.290. The second kappa shape index (κ2) is 11.4. The van der Waals surface area contributed by atoms with Crippen LogP contribution in [0.5, 0.6) is 17.2 Å². The number of carbonyl (C=O) groups is 3. The molecule has 176 valence electrons. The van der Waals surface area contributed by atoms with Crippen LogP contribution in [0.2, 0.25) is 0 Å². The molecule has 6 nitrogen and oxygen atoms in total. The third-order valence-electron chi connectivity index (χ3n) is 4.67. The van der Waals surface area contributed by atoms with Gasteiger partial charge in [-0.1, -0.05) is 49.6 Å². The molecule has 0 unspecified atom stereocenters. The fourth-order valence-electron chi connectivity index (χ4n) is 2.78. The Labute approximate surface area is 203 Å². The van der Waals surface area contributed by atoms with Gasteiger partial charge in [0.2, 0.25) is 0 Å². The highest BCUT2D eigenvalue weighted by Crippen LogP contribution is 2.24. The molecular formula is C29H24O6. The molecule has 6 heteroatoms. The monoisotopic (exact) mass is 468 g/mol. The van der Waals surface area contributed by atoms with Crippen LogP contribution >= 0.6 is 0 Å². The van der Waals surface area contributed by atoms with Gasteiger partial charge >= 0.3 is 17.9 Å². The zero-order chi connectivity index (χ0) is 25.4. The summed E-state index contributed by atoms with van der Waals surface area (Å²) in [5.41, 5.74) is 3.36. The van der Waals surface area contributed by atoms with Crippen molar-refractivity contribution in [3.8, 4) is 28.4 Å². The summed E-state index contributed by atoms with van der Waals surface area (Å²) in [6, 6.07) is 20.9. The second-order valence-corrected chi connectivity index (χ2v) is 7.71. The number of rotatable bonds is 8. The number of esters is 3. The lowest BCUT2D eigenvalue weighted by atomic mass is 10.0. The molecule has 3 rings (SSSR count). The van der Waals surface area contributed by atoms with Crippen molar-refractivity contribution in [2.45, 2.75) is 13.8 Å². The molecule has 0 aliphatic carbocycles. The minimum Gasteiger partial charge on any atom is -0.423 e. The Morgan fingerprint density at radius 3 is 1.40 bits per heavy atom. The van der Waals surface area contributed by atoms with Gasteiger partial charge in [0.1, 0.15) is 17.2 Å². The van der Waals surface area contributed by atoms with Gasteiger partial charge in [-0.15, -0.1) is 0 Å². The van der Waals surface area contributed by atoms with Crippen molar-refractivity contribution in [3.05, 3.63) is 109 Å². The second-order valence-electron chi connectivity index (χ2n) is 7.71. The highest BCUT2D eigenvalue weighted by molar-refractivity contribution is 5.90. The van der Waals surface area contributed by atoms with E-state index in [0.29, 0.717) is 22.8 Å². The lowest BCUT2D eigenvalue weighted by Crippen LogP contribution is -2.08. The van der Waals surface area contributed by atoms with E-state index in [9.17, 15) is 14.4 Å². The van der Waals surface area contributed by atoms with Gasteiger partial charge in [0, 0.05) is 17.2 Å². The van der Waals surface area contributed by atoms with E-state index in [1.165, 1.54) is 30.3 Å². The molecule has 0 amide bonds. The van der Waals surface area contributed by atoms with Crippen LogP contribution in [0.25, 0.3) is 17.2 Å². The van der Waals surface area contributed by atoms with Crippen LogP contribution in [0.4, 0.5) is 0 Å². The van der Waals surface area contributed by atoms with Crippen LogP contribution in [0.3, 0.4) is 0 Å². The largest absolute Gasteiger partial charge is 0.423 e. The first-order chi connectivity index (χ1) is 16.7. The van der Waals surface area contributed by atoms with E-state index < -0.39 is 17.9 Å².